The van der Waals surface area contributed by atoms with Gasteiger partial charge in [0.15, 0.2) is 0 Å². The first kappa shape index (κ1) is 32.7. The summed E-state index contributed by atoms with van der Waals surface area (Å²) in [5.74, 6) is -0.217. The first-order valence-electron chi connectivity index (χ1n) is 17.3. The number of anilines is 1. The Kier molecular flexibility index (Phi) is 9.56. The molecule has 12 heteroatoms. The van der Waals surface area contributed by atoms with Gasteiger partial charge in [-0.15, -0.1) is 0 Å². The molecular weight excluding hydrogens is 620 g/mol. The van der Waals surface area contributed by atoms with Crippen molar-refractivity contribution in [3.8, 4) is 6.01 Å². The molecule has 3 aliphatic rings. The molecule has 1 atom stereocenters. The third-order valence-corrected chi connectivity index (χ3v) is 10.4. The summed E-state index contributed by atoms with van der Waals surface area (Å²) >= 11 is 0. The van der Waals surface area contributed by atoms with Crippen LogP contribution >= 0.6 is 0 Å². The molecule has 7 rings (SSSR count). The molecule has 0 aliphatic carbocycles. The Balaban J connectivity index is 0.878. The van der Waals surface area contributed by atoms with Crippen molar-refractivity contribution < 1.29 is 19.1 Å². The molecule has 0 saturated carbocycles. The van der Waals surface area contributed by atoms with E-state index in [0.29, 0.717) is 24.9 Å². The van der Waals surface area contributed by atoms with Crippen LogP contribution < -0.4 is 15.0 Å². The van der Waals surface area contributed by atoms with Gasteiger partial charge in [0.1, 0.15) is 23.2 Å². The second-order valence-electron chi connectivity index (χ2n) is 13.6. The summed E-state index contributed by atoms with van der Waals surface area (Å²) < 4.78 is 7.89. The molecule has 3 amide bonds. The Morgan fingerprint density at radius 1 is 0.980 bits per heavy atom. The van der Waals surface area contributed by atoms with Gasteiger partial charge < -0.3 is 14.5 Å². The van der Waals surface area contributed by atoms with E-state index in [1.807, 2.05) is 14.0 Å². The van der Waals surface area contributed by atoms with Crippen molar-refractivity contribution in [1.29, 1.82) is 0 Å². The number of nitrogens with zero attached hydrogens (tertiary/aromatic N) is 7. The molecule has 1 unspecified atom stereocenters. The molecule has 2 aromatic heterocycles. The number of benzene rings is 2. The summed E-state index contributed by atoms with van der Waals surface area (Å²) in [7, 11) is 1.88. The fourth-order valence-corrected chi connectivity index (χ4v) is 7.38. The number of likely N-dealkylation sites (tertiary alicyclic amines) is 1. The average molecular weight is 665 g/mol. The van der Waals surface area contributed by atoms with Gasteiger partial charge in [-0.25, -0.2) is 4.98 Å². The Morgan fingerprint density at radius 3 is 2.49 bits per heavy atom. The van der Waals surface area contributed by atoms with Gasteiger partial charge in [0.25, 0.3) is 0 Å². The fourth-order valence-electron chi connectivity index (χ4n) is 7.38. The number of nitrogens with one attached hydrogen (secondary N) is 1. The largest absolute Gasteiger partial charge is 0.460 e. The van der Waals surface area contributed by atoms with Crippen LogP contribution in [0.2, 0.25) is 0 Å². The van der Waals surface area contributed by atoms with Gasteiger partial charge in [0, 0.05) is 58.2 Å². The van der Waals surface area contributed by atoms with E-state index in [-0.39, 0.29) is 18.4 Å². The normalized spacial score (nSPS) is 19.6. The van der Waals surface area contributed by atoms with Crippen molar-refractivity contribution >= 4 is 34.9 Å². The SMILES string of the molecule is Cc1ccc(C2CCN(Cc3ccc(N4CCC(Oc5ncc6c(cnn6C)n5)CC4)cc3)CC2)cc1CN(C=O)C1CCC(=O)NC1=O. The fraction of sp³-hybridized carbons (Fsp3) is 0.459. The minimum atomic E-state index is -0.613. The van der Waals surface area contributed by atoms with Crippen LogP contribution in [-0.2, 0) is 34.5 Å². The molecule has 0 bridgehead atoms. The Bertz CT molecular complexity index is 1810. The number of ether oxygens (including phenoxy) is 1. The first-order valence-corrected chi connectivity index (χ1v) is 17.3. The molecule has 3 fully saturated rings. The van der Waals surface area contributed by atoms with E-state index in [1.54, 1.807) is 17.1 Å². The lowest BCUT2D eigenvalue weighted by Gasteiger charge is -2.34. The van der Waals surface area contributed by atoms with E-state index in [4.69, 9.17) is 4.74 Å². The number of aromatic nitrogens is 4. The van der Waals surface area contributed by atoms with Crippen LogP contribution in [0.3, 0.4) is 0 Å². The van der Waals surface area contributed by atoms with Gasteiger partial charge in [-0.1, -0.05) is 30.3 Å². The third-order valence-electron chi connectivity index (χ3n) is 10.4. The van der Waals surface area contributed by atoms with E-state index in [1.165, 1.54) is 21.7 Å². The van der Waals surface area contributed by atoms with Crippen molar-refractivity contribution in [1.82, 2.24) is 34.9 Å². The number of aryl methyl sites for hydroxylation is 2. The number of carbonyl (C=O) groups is 3. The summed E-state index contributed by atoms with van der Waals surface area (Å²) in [4.78, 5) is 51.3. The monoisotopic (exact) mass is 664 g/mol. The molecule has 0 radical (unpaired) electrons. The number of imide groups is 1. The van der Waals surface area contributed by atoms with Crippen molar-refractivity contribution in [3.63, 3.8) is 0 Å². The molecule has 5 heterocycles. The lowest BCUT2D eigenvalue weighted by molar-refractivity contribution is -0.141. The zero-order valence-corrected chi connectivity index (χ0v) is 28.3. The third kappa shape index (κ3) is 7.44. The molecule has 2 aromatic carbocycles. The van der Waals surface area contributed by atoms with Gasteiger partial charge in [-0.05, 0) is 79.6 Å². The first-order chi connectivity index (χ1) is 23.8. The number of hydrogen-bond donors (Lipinski definition) is 1. The molecule has 12 nitrogen and oxygen atoms in total. The topological polar surface area (TPSA) is 126 Å². The van der Waals surface area contributed by atoms with Crippen LogP contribution in [0.4, 0.5) is 5.69 Å². The van der Waals surface area contributed by atoms with Crippen molar-refractivity contribution in [2.45, 2.75) is 76.6 Å². The van der Waals surface area contributed by atoms with Gasteiger partial charge in [-0.2, -0.15) is 10.1 Å². The summed E-state index contributed by atoms with van der Waals surface area (Å²) in [5, 5.41) is 6.60. The van der Waals surface area contributed by atoms with E-state index in [0.717, 1.165) is 87.0 Å². The summed E-state index contributed by atoms with van der Waals surface area (Å²) in [6.45, 7) is 7.24. The summed E-state index contributed by atoms with van der Waals surface area (Å²) in [5.41, 5.74) is 7.68. The van der Waals surface area contributed by atoms with Crippen molar-refractivity contribution in [2.24, 2.45) is 7.05 Å². The Labute approximate surface area is 286 Å². The molecule has 3 aliphatic heterocycles. The smallest absolute Gasteiger partial charge is 0.317 e. The molecule has 0 spiro atoms. The quantitative estimate of drug-likeness (QED) is 0.199. The minimum Gasteiger partial charge on any atom is -0.460 e. The van der Waals surface area contributed by atoms with E-state index in [9.17, 15) is 14.4 Å². The Morgan fingerprint density at radius 2 is 1.76 bits per heavy atom. The zero-order valence-electron chi connectivity index (χ0n) is 28.3. The maximum Gasteiger partial charge on any atom is 0.317 e. The van der Waals surface area contributed by atoms with E-state index < -0.39 is 11.9 Å². The second kappa shape index (κ2) is 14.3. The Hall–Kier alpha value is -4.84. The van der Waals surface area contributed by atoms with Crippen molar-refractivity contribution in [2.75, 3.05) is 31.1 Å². The zero-order chi connectivity index (χ0) is 33.9. The standard InChI is InChI=1S/C37H44N8O4/c1-25-3-6-28(19-29(25)23-45(24-46)33-9-10-35(47)41-36(33)48)27-11-15-43(16-12-27)22-26-4-7-30(8-5-26)44-17-13-31(14-18-44)49-37-38-21-34-32(40-37)20-39-42(34)2/h3-8,19-21,24,27,31,33H,9-18,22-23H2,1-2H3,(H,41,47,48). The molecule has 49 heavy (non-hydrogen) atoms. The van der Waals surface area contributed by atoms with Crippen LogP contribution in [0.5, 0.6) is 6.01 Å². The van der Waals surface area contributed by atoms with Crippen LogP contribution in [0, 0.1) is 6.92 Å². The highest BCUT2D eigenvalue weighted by Crippen LogP contribution is 2.31. The van der Waals surface area contributed by atoms with Gasteiger partial charge in [-0.3, -0.25) is 29.3 Å². The average Bonchev–Trinajstić information content (AvgIpc) is 3.49. The van der Waals surface area contributed by atoms with Crippen molar-refractivity contribution in [3.05, 3.63) is 77.1 Å². The number of hydrogen-bond acceptors (Lipinski definition) is 9. The maximum absolute atomic E-state index is 12.4. The molecule has 1 N–H and O–H groups in total. The highest BCUT2D eigenvalue weighted by molar-refractivity contribution is 6.00. The van der Waals surface area contributed by atoms with E-state index >= 15 is 0 Å². The lowest BCUT2D eigenvalue weighted by atomic mass is 9.87. The predicted molar refractivity (Wildman–Crippen MR) is 185 cm³/mol. The maximum atomic E-state index is 12.4. The van der Waals surface area contributed by atoms with Crippen LogP contribution in [0.15, 0.2) is 54.9 Å². The highest BCUT2D eigenvalue weighted by atomic mass is 16.5. The highest BCUT2D eigenvalue weighted by Gasteiger charge is 2.31. The predicted octanol–water partition coefficient (Wildman–Crippen LogP) is 3.86. The second-order valence-corrected chi connectivity index (χ2v) is 13.6. The van der Waals surface area contributed by atoms with Crippen LogP contribution in [0.1, 0.15) is 66.7 Å². The number of fused-ring (bicyclic) bond motifs is 1. The summed E-state index contributed by atoms with van der Waals surface area (Å²) in [6, 6.07) is 15.4. The molecular formula is C37H44N8O4. The number of amides is 3. The molecule has 3 saturated heterocycles. The lowest BCUT2D eigenvalue weighted by Crippen LogP contribution is -2.51. The molecule has 4 aromatic rings. The number of carbonyl (C=O) groups excluding carboxylic acids is 3. The summed E-state index contributed by atoms with van der Waals surface area (Å²) in [6.07, 6.45) is 8.93. The van der Waals surface area contributed by atoms with Gasteiger partial charge in [0.05, 0.1) is 12.4 Å². The van der Waals surface area contributed by atoms with Gasteiger partial charge in [0.2, 0.25) is 18.2 Å². The van der Waals surface area contributed by atoms with E-state index in [2.05, 4.69) is 72.6 Å². The minimum absolute atomic E-state index is 0.0999. The molecule has 256 valence electrons. The number of piperidine rings is 3. The van der Waals surface area contributed by atoms with Gasteiger partial charge >= 0.3 is 6.01 Å². The van der Waals surface area contributed by atoms with Crippen LogP contribution in [-0.4, -0.2) is 86.1 Å². The van der Waals surface area contributed by atoms with Crippen LogP contribution in [0.25, 0.3) is 11.0 Å². The number of rotatable bonds is 10.